The Kier molecular flexibility index (Phi) is 7.13. The van der Waals surface area contributed by atoms with Crippen molar-refractivity contribution >= 4 is 17.5 Å². The fourth-order valence-corrected chi connectivity index (χ4v) is 3.28. The van der Waals surface area contributed by atoms with E-state index in [0.29, 0.717) is 25.9 Å². The molecule has 2 N–H and O–H groups in total. The molecule has 8 heteroatoms. The molecule has 6 nitrogen and oxygen atoms in total. The lowest BCUT2D eigenvalue weighted by Crippen LogP contribution is -2.46. The van der Waals surface area contributed by atoms with Crippen LogP contribution in [0.15, 0.2) is 54.6 Å². The molecule has 0 aromatic heterocycles. The minimum absolute atomic E-state index is 0.0810. The summed E-state index contributed by atoms with van der Waals surface area (Å²) < 4.78 is 29.4. The van der Waals surface area contributed by atoms with E-state index in [1.807, 2.05) is 35.2 Å². The van der Waals surface area contributed by atoms with Gasteiger partial charge in [-0.15, -0.1) is 0 Å². The number of rotatable bonds is 7. The molecule has 2 aromatic carbocycles. The maximum absolute atomic E-state index is 12.5. The summed E-state index contributed by atoms with van der Waals surface area (Å²) in [5.41, 5.74) is 0.835. The van der Waals surface area contributed by atoms with E-state index in [9.17, 15) is 18.4 Å². The van der Waals surface area contributed by atoms with Gasteiger partial charge in [0.1, 0.15) is 5.75 Å². The van der Waals surface area contributed by atoms with E-state index < -0.39 is 12.5 Å². The van der Waals surface area contributed by atoms with E-state index in [-0.39, 0.29) is 29.8 Å². The van der Waals surface area contributed by atoms with E-state index in [2.05, 4.69) is 15.4 Å². The minimum atomic E-state index is -2.99. The number of amides is 2. The van der Waals surface area contributed by atoms with Gasteiger partial charge in [-0.05, 0) is 37.1 Å². The number of carbonyl (C=O) groups excluding carboxylic acids is 2. The minimum Gasteiger partial charge on any atom is -0.434 e. The zero-order chi connectivity index (χ0) is 20.6. The molecule has 3 rings (SSSR count). The smallest absolute Gasteiger partial charge is 0.387 e. The number of hydrogen-bond donors (Lipinski definition) is 2. The number of benzene rings is 2. The highest BCUT2D eigenvalue weighted by atomic mass is 19.3. The van der Waals surface area contributed by atoms with E-state index in [1.165, 1.54) is 18.2 Å². The first-order valence-electron chi connectivity index (χ1n) is 9.43. The van der Waals surface area contributed by atoms with Gasteiger partial charge in [-0.1, -0.05) is 30.3 Å². The molecule has 0 saturated carbocycles. The molecule has 1 aliphatic rings. The Hall–Kier alpha value is -3.00. The topological polar surface area (TPSA) is 70.7 Å². The van der Waals surface area contributed by atoms with E-state index in [4.69, 9.17) is 0 Å². The van der Waals surface area contributed by atoms with Gasteiger partial charge in [0, 0.05) is 24.8 Å². The van der Waals surface area contributed by atoms with E-state index >= 15 is 0 Å². The molecule has 0 spiro atoms. The molecule has 2 aromatic rings. The summed E-state index contributed by atoms with van der Waals surface area (Å²) >= 11 is 0. The lowest BCUT2D eigenvalue weighted by Gasteiger charge is -2.32. The van der Waals surface area contributed by atoms with Crippen molar-refractivity contribution in [3.8, 4) is 5.75 Å². The third kappa shape index (κ3) is 6.25. The zero-order valence-electron chi connectivity index (χ0n) is 15.8. The van der Waals surface area contributed by atoms with Gasteiger partial charge in [-0.2, -0.15) is 8.78 Å². The van der Waals surface area contributed by atoms with Crippen LogP contribution in [0.1, 0.15) is 23.2 Å². The quantitative estimate of drug-likeness (QED) is 0.745. The predicted octanol–water partition coefficient (Wildman–Crippen LogP) is 3.12. The summed E-state index contributed by atoms with van der Waals surface area (Å²) in [5.74, 6) is -0.673. The summed E-state index contributed by atoms with van der Waals surface area (Å²) in [7, 11) is 0. The van der Waals surface area contributed by atoms with Gasteiger partial charge < -0.3 is 15.4 Å². The van der Waals surface area contributed by atoms with Crippen LogP contribution in [0, 0.1) is 0 Å². The van der Waals surface area contributed by atoms with Gasteiger partial charge in [0.05, 0.1) is 12.1 Å². The van der Waals surface area contributed by atoms with Crippen LogP contribution >= 0.6 is 0 Å². The molecule has 29 heavy (non-hydrogen) atoms. The predicted molar refractivity (Wildman–Crippen MR) is 105 cm³/mol. The van der Waals surface area contributed by atoms with Crippen LogP contribution < -0.4 is 15.4 Å². The number of para-hydroxylation sites is 2. The Balaban J connectivity index is 1.46. The van der Waals surface area contributed by atoms with Crippen molar-refractivity contribution in [1.29, 1.82) is 0 Å². The van der Waals surface area contributed by atoms with Crippen LogP contribution in [0.25, 0.3) is 0 Å². The first kappa shape index (κ1) is 20.7. The molecule has 0 unspecified atom stereocenters. The SMILES string of the molecule is O=C(CN1CCC(NC(=O)c2ccccc2OC(F)F)CC1)Nc1ccccc1. The van der Waals surface area contributed by atoms with Gasteiger partial charge in [0.25, 0.3) is 5.91 Å². The second-order valence-electron chi connectivity index (χ2n) is 6.81. The molecule has 1 heterocycles. The molecular formula is C21H23F2N3O3. The molecule has 1 aliphatic heterocycles. The second-order valence-corrected chi connectivity index (χ2v) is 6.81. The van der Waals surface area contributed by atoms with Crippen LogP contribution in [0.3, 0.4) is 0 Å². The molecule has 1 saturated heterocycles. The third-order valence-corrected chi connectivity index (χ3v) is 4.70. The number of nitrogens with one attached hydrogen (secondary N) is 2. The average molecular weight is 403 g/mol. The maximum Gasteiger partial charge on any atom is 0.387 e. The number of likely N-dealkylation sites (tertiary alicyclic amines) is 1. The number of anilines is 1. The summed E-state index contributed by atoms with van der Waals surface area (Å²) in [5, 5.41) is 5.72. The third-order valence-electron chi connectivity index (χ3n) is 4.70. The first-order chi connectivity index (χ1) is 14.0. The Labute approximate surface area is 167 Å². The number of ether oxygens (including phenoxy) is 1. The van der Waals surface area contributed by atoms with Crippen LogP contribution in [0.5, 0.6) is 5.75 Å². The maximum atomic E-state index is 12.5. The number of piperidine rings is 1. The number of hydrogen-bond acceptors (Lipinski definition) is 4. The number of nitrogens with zero attached hydrogens (tertiary/aromatic N) is 1. The lowest BCUT2D eigenvalue weighted by molar-refractivity contribution is -0.117. The van der Waals surface area contributed by atoms with Crippen molar-refractivity contribution in [1.82, 2.24) is 10.2 Å². The van der Waals surface area contributed by atoms with Gasteiger partial charge >= 0.3 is 6.61 Å². The van der Waals surface area contributed by atoms with Crippen molar-refractivity contribution in [2.24, 2.45) is 0 Å². The molecule has 0 atom stereocenters. The molecule has 154 valence electrons. The van der Waals surface area contributed by atoms with Crippen LogP contribution in [-0.4, -0.2) is 49.0 Å². The Morgan fingerprint density at radius 2 is 1.69 bits per heavy atom. The van der Waals surface area contributed by atoms with Gasteiger partial charge in [0.2, 0.25) is 5.91 Å². The molecule has 0 radical (unpaired) electrons. The fraction of sp³-hybridized carbons (Fsp3) is 0.333. The van der Waals surface area contributed by atoms with Gasteiger partial charge in [-0.3, -0.25) is 14.5 Å². The summed E-state index contributed by atoms with van der Waals surface area (Å²) in [4.78, 5) is 26.6. The Morgan fingerprint density at radius 3 is 2.38 bits per heavy atom. The van der Waals surface area contributed by atoms with Crippen LogP contribution in [-0.2, 0) is 4.79 Å². The normalized spacial score (nSPS) is 15.1. The molecule has 0 aliphatic carbocycles. The zero-order valence-corrected chi connectivity index (χ0v) is 15.8. The summed E-state index contributed by atoms with van der Waals surface area (Å²) in [6, 6.07) is 15.1. The first-order valence-corrected chi connectivity index (χ1v) is 9.43. The van der Waals surface area contributed by atoms with Crippen LogP contribution in [0.4, 0.5) is 14.5 Å². The number of halogens is 2. The van der Waals surface area contributed by atoms with Gasteiger partial charge in [-0.25, -0.2) is 0 Å². The Morgan fingerprint density at radius 1 is 1.03 bits per heavy atom. The van der Waals surface area contributed by atoms with Crippen molar-refractivity contribution < 1.29 is 23.1 Å². The van der Waals surface area contributed by atoms with Crippen molar-refractivity contribution in [3.63, 3.8) is 0 Å². The highest BCUT2D eigenvalue weighted by Crippen LogP contribution is 2.21. The monoisotopic (exact) mass is 403 g/mol. The molecule has 1 fully saturated rings. The summed E-state index contributed by atoms with van der Waals surface area (Å²) in [6.45, 7) is -1.40. The van der Waals surface area contributed by atoms with Gasteiger partial charge in [0.15, 0.2) is 0 Å². The van der Waals surface area contributed by atoms with E-state index in [1.54, 1.807) is 6.07 Å². The molecule has 0 bridgehead atoms. The fourth-order valence-electron chi connectivity index (χ4n) is 3.28. The molecule has 2 amide bonds. The van der Waals surface area contributed by atoms with Crippen molar-refractivity contribution in [2.75, 3.05) is 25.0 Å². The number of carbonyl (C=O) groups is 2. The highest BCUT2D eigenvalue weighted by molar-refractivity contribution is 5.97. The van der Waals surface area contributed by atoms with Crippen LogP contribution in [0.2, 0.25) is 0 Å². The average Bonchev–Trinajstić information content (AvgIpc) is 2.70. The molecular weight excluding hydrogens is 380 g/mol. The Bertz CT molecular complexity index is 825. The van der Waals surface area contributed by atoms with Crippen molar-refractivity contribution in [3.05, 3.63) is 60.2 Å². The van der Waals surface area contributed by atoms with Crippen molar-refractivity contribution in [2.45, 2.75) is 25.5 Å². The summed E-state index contributed by atoms with van der Waals surface area (Å²) in [6.07, 6.45) is 1.34. The lowest BCUT2D eigenvalue weighted by atomic mass is 10.0. The second kappa shape index (κ2) is 9.97. The largest absolute Gasteiger partial charge is 0.434 e. The highest BCUT2D eigenvalue weighted by Gasteiger charge is 2.24. The number of alkyl halides is 2. The standard InChI is InChI=1S/C21H23F2N3O3/c22-21(23)29-18-9-5-4-8-17(18)20(28)25-16-10-12-26(13-11-16)14-19(27)24-15-6-2-1-3-7-15/h1-9,16,21H,10-14H2,(H,24,27)(H,25,28). The van der Waals surface area contributed by atoms with E-state index in [0.717, 1.165) is 5.69 Å².